The SMILES string of the molecule is CC(=O)OCN1CCCCC1.CC(C)=O. The van der Waals surface area contributed by atoms with Gasteiger partial charge in [0.2, 0.25) is 0 Å². The van der Waals surface area contributed by atoms with Crippen LogP contribution in [0.5, 0.6) is 0 Å². The minimum atomic E-state index is -0.185. The third kappa shape index (κ3) is 11.0. The van der Waals surface area contributed by atoms with E-state index in [1.54, 1.807) is 0 Å². The molecule has 0 amide bonds. The van der Waals surface area contributed by atoms with Crippen LogP contribution in [0, 0.1) is 0 Å². The fraction of sp³-hybridized carbons (Fsp3) is 0.818. The molecule has 1 aliphatic rings. The molecule has 0 saturated carbocycles. The molecular formula is C11H21NO3. The maximum Gasteiger partial charge on any atom is 0.303 e. The summed E-state index contributed by atoms with van der Waals surface area (Å²) in [6.07, 6.45) is 3.79. The van der Waals surface area contributed by atoms with Gasteiger partial charge in [0.1, 0.15) is 12.5 Å². The summed E-state index contributed by atoms with van der Waals surface area (Å²) in [6.45, 7) is 7.14. The maximum atomic E-state index is 10.4. The minimum absolute atomic E-state index is 0.167. The zero-order valence-corrected chi connectivity index (χ0v) is 9.91. The van der Waals surface area contributed by atoms with Crippen molar-refractivity contribution in [1.82, 2.24) is 4.90 Å². The largest absolute Gasteiger partial charge is 0.450 e. The van der Waals surface area contributed by atoms with Crippen LogP contribution in [-0.2, 0) is 14.3 Å². The Kier molecular flexibility index (Phi) is 7.91. The van der Waals surface area contributed by atoms with E-state index in [0.717, 1.165) is 13.1 Å². The van der Waals surface area contributed by atoms with Crippen molar-refractivity contribution in [2.45, 2.75) is 40.0 Å². The normalized spacial score (nSPS) is 16.2. The summed E-state index contributed by atoms with van der Waals surface area (Å²) < 4.78 is 4.87. The molecule has 1 heterocycles. The zero-order valence-electron chi connectivity index (χ0n) is 9.91. The molecule has 0 aromatic carbocycles. The van der Waals surface area contributed by atoms with Crippen LogP contribution in [0.3, 0.4) is 0 Å². The van der Waals surface area contributed by atoms with E-state index in [9.17, 15) is 9.59 Å². The highest BCUT2D eigenvalue weighted by molar-refractivity contribution is 5.72. The van der Waals surface area contributed by atoms with E-state index in [4.69, 9.17) is 4.74 Å². The molecular weight excluding hydrogens is 194 g/mol. The topological polar surface area (TPSA) is 46.6 Å². The molecule has 0 aromatic rings. The Bertz CT molecular complexity index is 194. The lowest BCUT2D eigenvalue weighted by Gasteiger charge is -2.25. The van der Waals surface area contributed by atoms with Crippen LogP contribution in [0.1, 0.15) is 40.0 Å². The summed E-state index contributed by atoms with van der Waals surface area (Å²) in [7, 11) is 0. The average molecular weight is 215 g/mol. The number of carbonyl (C=O) groups is 2. The van der Waals surface area contributed by atoms with Gasteiger partial charge in [0.25, 0.3) is 0 Å². The highest BCUT2D eigenvalue weighted by Gasteiger charge is 2.09. The van der Waals surface area contributed by atoms with Crippen LogP contribution >= 0.6 is 0 Å². The van der Waals surface area contributed by atoms with Gasteiger partial charge in [-0.25, -0.2) is 0 Å². The fourth-order valence-corrected chi connectivity index (χ4v) is 1.27. The first-order chi connectivity index (χ1) is 7.02. The molecule has 4 heteroatoms. The van der Waals surface area contributed by atoms with Gasteiger partial charge in [-0.2, -0.15) is 0 Å². The van der Waals surface area contributed by atoms with Crippen molar-refractivity contribution in [2.75, 3.05) is 19.8 Å². The number of Topliss-reactive ketones (excluding diaryl/α,β-unsaturated/α-hetero) is 1. The predicted octanol–water partition coefficient (Wildman–Crippen LogP) is 1.59. The molecule has 1 fully saturated rings. The van der Waals surface area contributed by atoms with Crippen LogP contribution in [0.15, 0.2) is 0 Å². The molecule has 15 heavy (non-hydrogen) atoms. The van der Waals surface area contributed by atoms with E-state index >= 15 is 0 Å². The molecule has 0 aromatic heterocycles. The highest BCUT2D eigenvalue weighted by Crippen LogP contribution is 2.07. The Morgan fingerprint density at radius 1 is 1.07 bits per heavy atom. The maximum absolute atomic E-state index is 10.4. The molecule has 1 aliphatic heterocycles. The molecule has 0 unspecified atom stereocenters. The van der Waals surface area contributed by atoms with E-state index in [1.807, 2.05) is 0 Å². The summed E-state index contributed by atoms with van der Waals surface area (Å²) in [5, 5.41) is 0. The molecule has 0 radical (unpaired) electrons. The van der Waals surface area contributed by atoms with E-state index in [-0.39, 0.29) is 11.8 Å². The second kappa shape index (κ2) is 8.41. The van der Waals surface area contributed by atoms with Gasteiger partial charge in [0, 0.05) is 20.0 Å². The van der Waals surface area contributed by atoms with E-state index in [0.29, 0.717) is 6.73 Å². The van der Waals surface area contributed by atoms with Gasteiger partial charge < -0.3 is 9.53 Å². The number of ketones is 1. The highest BCUT2D eigenvalue weighted by atomic mass is 16.5. The van der Waals surface area contributed by atoms with Gasteiger partial charge >= 0.3 is 5.97 Å². The van der Waals surface area contributed by atoms with Crippen molar-refractivity contribution in [3.05, 3.63) is 0 Å². The number of piperidine rings is 1. The quantitative estimate of drug-likeness (QED) is 0.656. The number of hydrogen-bond donors (Lipinski definition) is 0. The second-order valence-electron chi connectivity index (χ2n) is 3.85. The smallest absolute Gasteiger partial charge is 0.303 e. The zero-order chi connectivity index (χ0) is 11.7. The Morgan fingerprint density at radius 3 is 1.93 bits per heavy atom. The first-order valence-corrected chi connectivity index (χ1v) is 5.35. The summed E-state index contributed by atoms with van der Waals surface area (Å²) in [5.74, 6) is -0.0180. The number of nitrogens with zero attached hydrogens (tertiary/aromatic N) is 1. The van der Waals surface area contributed by atoms with Gasteiger partial charge in [-0.15, -0.1) is 0 Å². The van der Waals surface area contributed by atoms with Crippen LogP contribution in [0.4, 0.5) is 0 Å². The lowest BCUT2D eigenvalue weighted by atomic mass is 10.1. The van der Waals surface area contributed by atoms with E-state index in [1.165, 1.54) is 40.0 Å². The van der Waals surface area contributed by atoms with Crippen molar-refractivity contribution >= 4 is 11.8 Å². The Morgan fingerprint density at radius 2 is 1.53 bits per heavy atom. The molecule has 0 bridgehead atoms. The first kappa shape index (κ1) is 14.1. The summed E-state index contributed by atoms with van der Waals surface area (Å²) in [4.78, 5) is 22.1. The summed E-state index contributed by atoms with van der Waals surface area (Å²) in [6, 6.07) is 0. The van der Waals surface area contributed by atoms with Crippen molar-refractivity contribution in [2.24, 2.45) is 0 Å². The Balaban J connectivity index is 0.000000423. The third-order valence-electron chi connectivity index (χ3n) is 1.90. The van der Waals surface area contributed by atoms with E-state index in [2.05, 4.69) is 4.90 Å². The lowest BCUT2D eigenvalue weighted by Crippen LogP contribution is -2.32. The van der Waals surface area contributed by atoms with Crippen molar-refractivity contribution in [1.29, 1.82) is 0 Å². The number of likely N-dealkylation sites (tertiary alicyclic amines) is 1. The Hall–Kier alpha value is -0.900. The van der Waals surface area contributed by atoms with Gasteiger partial charge in [-0.1, -0.05) is 6.42 Å². The van der Waals surface area contributed by atoms with Gasteiger partial charge in [-0.3, -0.25) is 9.69 Å². The molecule has 0 aliphatic carbocycles. The fourth-order valence-electron chi connectivity index (χ4n) is 1.27. The molecule has 4 nitrogen and oxygen atoms in total. The molecule has 88 valence electrons. The van der Waals surface area contributed by atoms with Crippen LogP contribution < -0.4 is 0 Å². The molecule has 0 atom stereocenters. The van der Waals surface area contributed by atoms with Crippen molar-refractivity contribution in [3.8, 4) is 0 Å². The third-order valence-corrected chi connectivity index (χ3v) is 1.90. The average Bonchev–Trinajstić information content (AvgIpc) is 2.15. The number of rotatable bonds is 2. The monoisotopic (exact) mass is 215 g/mol. The van der Waals surface area contributed by atoms with Crippen LogP contribution in [0.25, 0.3) is 0 Å². The molecule has 1 saturated heterocycles. The summed E-state index contributed by atoms with van der Waals surface area (Å²) >= 11 is 0. The molecule has 0 N–H and O–H groups in total. The van der Waals surface area contributed by atoms with Crippen LogP contribution in [0.2, 0.25) is 0 Å². The molecule has 0 spiro atoms. The van der Waals surface area contributed by atoms with Gasteiger partial charge in [0.05, 0.1) is 0 Å². The number of hydrogen-bond acceptors (Lipinski definition) is 4. The first-order valence-electron chi connectivity index (χ1n) is 5.35. The molecule has 1 rings (SSSR count). The van der Waals surface area contributed by atoms with Crippen LogP contribution in [-0.4, -0.2) is 36.5 Å². The number of carbonyl (C=O) groups excluding carboxylic acids is 2. The summed E-state index contributed by atoms with van der Waals surface area (Å²) in [5.41, 5.74) is 0. The lowest BCUT2D eigenvalue weighted by molar-refractivity contribution is -0.146. The Labute approximate surface area is 91.6 Å². The second-order valence-corrected chi connectivity index (χ2v) is 3.85. The van der Waals surface area contributed by atoms with Crippen molar-refractivity contribution in [3.63, 3.8) is 0 Å². The number of ether oxygens (including phenoxy) is 1. The minimum Gasteiger partial charge on any atom is -0.450 e. The van der Waals surface area contributed by atoms with Gasteiger partial charge in [0.15, 0.2) is 0 Å². The standard InChI is InChI=1S/C8H15NO2.C3H6O/c1-8(10)11-7-9-5-3-2-4-6-9;1-3(2)4/h2-7H2,1H3;1-2H3. The van der Waals surface area contributed by atoms with E-state index < -0.39 is 0 Å². The number of esters is 1. The predicted molar refractivity (Wildman–Crippen MR) is 58.4 cm³/mol. The van der Waals surface area contributed by atoms with Crippen molar-refractivity contribution < 1.29 is 14.3 Å². The van der Waals surface area contributed by atoms with Gasteiger partial charge in [-0.05, 0) is 26.7 Å².